The number of para-hydroxylation sites is 1. The first kappa shape index (κ1) is 12.0. The summed E-state index contributed by atoms with van der Waals surface area (Å²) in [6, 6.07) is 15.7. The van der Waals surface area contributed by atoms with Gasteiger partial charge >= 0.3 is 0 Å². The second kappa shape index (κ2) is 4.93. The molecule has 2 aromatic rings. The minimum atomic E-state index is -0.468. The van der Waals surface area contributed by atoms with Crippen molar-refractivity contribution in [1.29, 1.82) is 0 Å². The molecule has 1 aliphatic rings. The Hall–Kier alpha value is -3.02. The van der Waals surface area contributed by atoms with Crippen molar-refractivity contribution in [2.24, 2.45) is 10.4 Å². The number of nitrogens with zero attached hydrogens (tertiary/aromatic N) is 3. The van der Waals surface area contributed by atoms with Crippen molar-refractivity contribution in [1.82, 2.24) is 5.01 Å². The van der Waals surface area contributed by atoms with Gasteiger partial charge in [0.15, 0.2) is 0 Å². The van der Waals surface area contributed by atoms with E-state index in [4.69, 9.17) is 0 Å². The molecule has 0 radical (unpaired) electrons. The Bertz CT molecular complexity index is 662. The Morgan fingerprint density at radius 1 is 0.800 bits per heavy atom. The fraction of sp³-hybridized carbons (Fsp3) is 0. The zero-order valence-corrected chi connectivity index (χ0v) is 10.4. The standard InChI is InChI=1S/C14H10N4O2/c19-13-11-8-4-5-9-12(11)14(20)18(13)17-16-15-10-6-2-1-3-7-10/h1-9H,(H,15,17). The first-order chi connectivity index (χ1) is 9.77. The van der Waals surface area contributed by atoms with Gasteiger partial charge < -0.3 is 0 Å². The molecule has 0 atom stereocenters. The summed E-state index contributed by atoms with van der Waals surface area (Å²) in [5.41, 5.74) is 4.05. The lowest BCUT2D eigenvalue weighted by molar-refractivity contribution is 0.0645. The Morgan fingerprint density at radius 2 is 1.35 bits per heavy atom. The van der Waals surface area contributed by atoms with Gasteiger partial charge in [0, 0.05) is 0 Å². The van der Waals surface area contributed by atoms with E-state index in [1.54, 1.807) is 36.4 Å². The summed E-state index contributed by atoms with van der Waals surface area (Å²) in [6.45, 7) is 0. The predicted octanol–water partition coefficient (Wildman–Crippen LogP) is 2.68. The molecule has 6 nitrogen and oxygen atoms in total. The highest BCUT2D eigenvalue weighted by molar-refractivity contribution is 6.20. The second-order valence-corrected chi connectivity index (χ2v) is 4.13. The van der Waals surface area contributed by atoms with Gasteiger partial charge in [0.2, 0.25) is 0 Å². The third-order valence-corrected chi connectivity index (χ3v) is 2.86. The lowest BCUT2D eigenvalue weighted by Gasteiger charge is -2.04. The summed E-state index contributed by atoms with van der Waals surface area (Å²) in [5, 5.41) is 8.06. The van der Waals surface area contributed by atoms with E-state index in [0.29, 0.717) is 16.8 Å². The third-order valence-electron chi connectivity index (χ3n) is 2.86. The van der Waals surface area contributed by atoms with Crippen LogP contribution in [0, 0.1) is 0 Å². The number of fused-ring (bicyclic) bond motifs is 1. The van der Waals surface area contributed by atoms with Crippen LogP contribution in [-0.2, 0) is 0 Å². The molecule has 98 valence electrons. The Labute approximate surface area is 114 Å². The van der Waals surface area contributed by atoms with Gasteiger partial charge in [0.05, 0.1) is 16.8 Å². The number of carbonyl (C=O) groups is 2. The van der Waals surface area contributed by atoms with Crippen molar-refractivity contribution in [3.63, 3.8) is 0 Å². The zero-order chi connectivity index (χ0) is 13.9. The van der Waals surface area contributed by atoms with E-state index in [2.05, 4.69) is 15.9 Å². The maximum absolute atomic E-state index is 12.0. The summed E-state index contributed by atoms with van der Waals surface area (Å²) in [4.78, 5) is 23.9. The molecule has 2 aromatic carbocycles. The highest BCUT2D eigenvalue weighted by Crippen LogP contribution is 2.22. The first-order valence-corrected chi connectivity index (χ1v) is 5.97. The number of carbonyl (C=O) groups excluding carboxylic acids is 2. The van der Waals surface area contributed by atoms with E-state index < -0.39 is 11.8 Å². The minimum absolute atomic E-state index is 0.344. The van der Waals surface area contributed by atoms with Crippen LogP contribution in [0.25, 0.3) is 0 Å². The van der Waals surface area contributed by atoms with Crippen LogP contribution in [0.1, 0.15) is 20.7 Å². The third kappa shape index (κ3) is 2.03. The number of nitrogens with one attached hydrogen (secondary N) is 1. The Kier molecular flexibility index (Phi) is 2.96. The molecule has 0 aromatic heterocycles. The van der Waals surface area contributed by atoms with Crippen molar-refractivity contribution in [2.75, 3.05) is 5.43 Å². The summed E-state index contributed by atoms with van der Waals surface area (Å²) < 4.78 is 0. The van der Waals surface area contributed by atoms with Gasteiger partial charge in [-0.05, 0) is 29.5 Å². The summed E-state index contributed by atoms with van der Waals surface area (Å²) >= 11 is 0. The van der Waals surface area contributed by atoms with Gasteiger partial charge in [0.25, 0.3) is 11.8 Å². The molecule has 3 rings (SSSR count). The topological polar surface area (TPSA) is 74.1 Å². The molecule has 20 heavy (non-hydrogen) atoms. The van der Waals surface area contributed by atoms with Crippen LogP contribution < -0.4 is 5.43 Å². The van der Waals surface area contributed by atoms with Crippen LogP contribution in [0.3, 0.4) is 0 Å². The van der Waals surface area contributed by atoms with Crippen molar-refractivity contribution in [3.8, 4) is 0 Å². The van der Waals surface area contributed by atoms with Gasteiger partial charge in [-0.3, -0.25) is 15.0 Å². The van der Waals surface area contributed by atoms with Crippen molar-refractivity contribution in [3.05, 3.63) is 65.7 Å². The molecular formula is C14H10N4O2. The maximum Gasteiger partial charge on any atom is 0.283 e. The fourth-order valence-corrected chi connectivity index (χ4v) is 1.90. The molecule has 0 fully saturated rings. The minimum Gasteiger partial charge on any atom is -0.267 e. The second-order valence-electron chi connectivity index (χ2n) is 4.13. The number of hydrogen-bond acceptors (Lipinski definition) is 4. The number of benzene rings is 2. The van der Waals surface area contributed by atoms with Crippen LogP contribution in [0.15, 0.2) is 65.0 Å². The van der Waals surface area contributed by atoms with Crippen LogP contribution in [-0.4, -0.2) is 16.8 Å². The fourth-order valence-electron chi connectivity index (χ4n) is 1.90. The van der Waals surface area contributed by atoms with Crippen molar-refractivity contribution >= 4 is 17.5 Å². The summed E-state index contributed by atoms with van der Waals surface area (Å²) in [6.07, 6.45) is 0. The van der Waals surface area contributed by atoms with E-state index in [1.165, 1.54) is 0 Å². The molecule has 0 unspecified atom stereocenters. The zero-order valence-electron chi connectivity index (χ0n) is 10.4. The summed E-state index contributed by atoms with van der Waals surface area (Å²) in [5.74, 6) is -0.937. The largest absolute Gasteiger partial charge is 0.283 e. The first-order valence-electron chi connectivity index (χ1n) is 5.97. The van der Waals surface area contributed by atoms with E-state index in [1.807, 2.05) is 18.2 Å². The highest BCUT2D eigenvalue weighted by Gasteiger charge is 2.35. The Balaban J connectivity index is 1.77. The van der Waals surface area contributed by atoms with E-state index >= 15 is 0 Å². The molecule has 2 amide bonds. The SMILES string of the molecule is O=C1c2ccccc2C(=O)N1N=NNc1ccccc1. The average Bonchev–Trinajstić information content (AvgIpc) is 2.74. The molecule has 6 heteroatoms. The van der Waals surface area contributed by atoms with Crippen LogP contribution >= 0.6 is 0 Å². The van der Waals surface area contributed by atoms with E-state index in [9.17, 15) is 9.59 Å². The molecule has 1 heterocycles. The molecule has 1 N–H and O–H groups in total. The van der Waals surface area contributed by atoms with E-state index in [0.717, 1.165) is 5.01 Å². The monoisotopic (exact) mass is 266 g/mol. The molecule has 0 saturated heterocycles. The number of imide groups is 1. The number of hydrogen-bond donors (Lipinski definition) is 1. The quantitative estimate of drug-likeness (QED) is 0.527. The van der Waals surface area contributed by atoms with Gasteiger partial charge in [-0.25, -0.2) is 0 Å². The molecule has 0 bridgehead atoms. The average molecular weight is 266 g/mol. The number of rotatable bonds is 3. The Morgan fingerprint density at radius 3 is 1.95 bits per heavy atom. The van der Waals surface area contributed by atoms with Crippen LogP contribution in [0.5, 0.6) is 0 Å². The maximum atomic E-state index is 12.0. The van der Waals surface area contributed by atoms with Gasteiger partial charge in [-0.1, -0.05) is 35.6 Å². The number of amides is 2. The molecule has 0 saturated carbocycles. The molecule has 0 aliphatic carbocycles. The molecule has 1 aliphatic heterocycles. The molecule has 0 spiro atoms. The lowest BCUT2D eigenvalue weighted by atomic mass is 10.1. The van der Waals surface area contributed by atoms with Gasteiger partial charge in [-0.2, -0.15) is 0 Å². The van der Waals surface area contributed by atoms with Gasteiger partial charge in [-0.15, -0.1) is 5.01 Å². The van der Waals surface area contributed by atoms with Gasteiger partial charge in [0.1, 0.15) is 0 Å². The van der Waals surface area contributed by atoms with Crippen LogP contribution in [0.2, 0.25) is 0 Å². The van der Waals surface area contributed by atoms with Crippen LogP contribution in [0.4, 0.5) is 5.69 Å². The van der Waals surface area contributed by atoms with Crippen molar-refractivity contribution < 1.29 is 9.59 Å². The number of anilines is 1. The molecular weight excluding hydrogens is 256 g/mol. The smallest absolute Gasteiger partial charge is 0.267 e. The highest BCUT2D eigenvalue weighted by atomic mass is 16.2. The normalized spacial score (nSPS) is 13.9. The summed E-state index contributed by atoms with van der Waals surface area (Å²) in [7, 11) is 0. The predicted molar refractivity (Wildman–Crippen MR) is 71.9 cm³/mol. The van der Waals surface area contributed by atoms with E-state index in [-0.39, 0.29) is 0 Å². The lowest BCUT2D eigenvalue weighted by Crippen LogP contribution is -2.23. The van der Waals surface area contributed by atoms with Crippen molar-refractivity contribution in [2.45, 2.75) is 0 Å².